The fourth-order valence-corrected chi connectivity index (χ4v) is 5.52. The Labute approximate surface area is 157 Å². The Morgan fingerprint density at radius 2 is 1.92 bits per heavy atom. The molecule has 3 rings (SSSR count). The zero-order chi connectivity index (χ0) is 18.4. The number of aromatic nitrogens is 2. The third-order valence-corrected chi connectivity index (χ3v) is 7.12. The molecule has 2 heterocycles. The molecule has 1 saturated carbocycles. The van der Waals surface area contributed by atoms with Gasteiger partial charge in [-0.3, -0.25) is 14.2 Å². The van der Waals surface area contributed by atoms with E-state index in [1.807, 2.05) is 39.2 Å². The standard InChI is InChI=1S/C19H26N2O2S2/c1-11-12(2)25-16-15(11)17(23)21(13-8-6-7-9-13)18(20-16)24-10-14(22)19(3,4)5/h13H,6-10H2,1-5H3. The summed E-state index contributed by atoms with van der Waals surface area (Å²) in [6.45, 7) is 9.84. The molecule has 2 aromatic rings. The summed E-state index contributed by atoms with van der Waals surface area (Å²) in [6, 6.07) is 0.219. The van der Waals surface area contributed by atoms with Crippen molar-refractivity contribution in [3.05, 3.63) is 20.8 Å². The molecule has 1 fully saturated rings. The van der Waals surface area contributed by atoms with Crippen molar-refractivity contribution in [3.63, 3.8) is 0 Å². The molecule has 0 saturated heterocycles. The second-order valence-corrected chi connectivity index (χ2v) is 10.1. The van der Waals surface area contributed by atoms with Gasteiger partial charge in [-0.15, -0.1) is 11.3 Å². The van der Waals surface area contributed by atoms with Gasteiger partial charge in [0.15, 0.2) is 5.16 Å². The number of aryl methyl sites for hydroxylation is 2. The van der Waals surface area contributed by atoms with Crippen LogP contribution in [-0.2, 0) is 4.79 Å². The van der Waals surface area contributed by atoms with Crippen LogP contribution in [0.15, 0.2) is 9.95 Å². The highest BCUT2D eigenvalue weighted by Crippen LogP contribution is 2.35. The van der Waals surface area contributed by atoms with Crippen LogP contribution in [0.2, 0.25) is 0 Å². The van der Waals surface area contributed by atoms with E-state index in [0.29, 0.717) is 10.9 Å². The average molecular weight is 379 g/mol. The minimum absolute atomic E-state index is 0.0736. The molecular weight excluding hydrogens is 352 g/mol. The van der Waals surface area contributed by atoms with Crippen molar-refractivity contribution >= 4 is 39.1 Å². The summed E-state index contributed by atoms with van der Waals surface area (Å²) in [5.41, 5.74) is 0.752. The van der Waals surface area contributed by atoms with Gasteiger partial charge in [0, 0.05) is 16.3 Å². The predicted molar refractivity (Wildman–Crippen MR) is 106 cm³/mol. The molecule has 0 bridgehead atoms. The second kappa shape index (κ2) is 6.88. The number of carbonyl (C=O) groups excluding carboxylic acids is 1. The van der Waals surface area contributed by atoms with Crippen LogP contribution in [0.4, 0.5) is 0 Å². The number of carbonyl (C=O) groups is 1. The van der Waals surface area contributed by atoms with E-state index in [1.54, 1.807) is 11.3 Å². The summed E-state index contributed by atoms with van der Waals surface area (Å²) in [4.78, 5) is 32.3. The van der Waals surface area contributed by atoms with Gasteiger partial charge in [0.25, 0.3) is 5.56 Å². The van der Waals surface area contributed by atoms with Gasteiger partial charge in [0.05, 0.1) is 11.1 Å². The molecule has 1 aliphatic rings. The van der Waals surface area contributed by atoms with Crippen LogP contribution in [0.25, 0.3) is 10.2 Å². The first-order valence-electron chi connectivity index (χ1n) is 8.88. The van der Waals surface area contributed by atoms with Crippen LogP contribution in [0.1, 0.15) is 62.9 Å². The van der Waals surface area contributed by atoms with Crippen molar-refractivity contribution in [2.75, 3.05) is 5.75 Å². The number of hydrogen-bond acceptors (Lipinski definition) is 5. The zero-order valence-electron chi connectivity index (χ0n) is 15.6. The maximum Gasteiger partial charge on any atom is 0.263 e. The van der Waals surface area contributed by atoms with Crippen molar-refractivity contribution in [2.45, 2.75) is 71.5 Å². The molecule has 4 nitrogen and oxygen atoms in total. The monoisotopic (exact) mass is 378 g/mol. The Morgan fingerprint density at radius 3 is 2.52 bits per heavy atom. The number of Topliss-reactive ketones (excluding diaryl/α,β-unsaturated/α-hetero) is 1. The van der Waals surface area contributed by atoms with Gasteiger partial charge in [-0.1, -0.05) is 45.4 Å². The van der Waals surface area contributed by atoms with Gasteiger partial charge in [-0.05, 0) is 32.3 Å². The van der Waals surface area contributed by atoms with Crippen LogP contribution < -0.4 is 5.56 Å². The van der Waals surface area contributed by atoms with Gasteiger partial charge in [0.2, 0.25) is 0 Å². The molecule has 0 N–H and O–H groups in total. The first-order chi connectivity index (χ1) is 11.7. The molecular formula is C19H26N2O2S2. The molecule has 0 aliphatic heterocycles. The van der Waals surface area contributed by atoms with Crippen LogP contribution in [-0.4, -0.2) is 21.1 Å². The van der Waals surface area contributed by atoms with Crippen molar-refractivity contribution in [2.24, 2.45) is 5.41 Å². The van der Waals surface area contributed by atoms with E-state index in [4.69, 9.17) is 4.98 Å². The summed E-state index contributed by atoms with van der Waals surface area (Å²) < 4.78 is 1.88. The minimum atomic E-state index is -0.369. The zero-order valence-corrected chi connectivity index (χ0v) is 17.3. The molecule has 6 heteroatoms. The molecule has 1 aliphatic carbocycles. The van der Waals surface area contributed by atoms with Crippen molar-refractivity contribution in [3.8, 4) is 0 Å². The van der Waals surface area contributed by atoms with E-state index in [1.165, 1.54) is 11.8 Å². The highest BCUT2D eigenvalue weighted by molar-refractivity contribution is 7.99. The largest absolute Gasteiger partial charge is 0.298 e. The van der Waals surface area contributed by atoms with E-state index in [0.717, 1.165) is 46.3 Å². The minimum Gasteiger partial charge on any atom is -0.298 e. The molecule has 0 amide bonds. The lowest BCUT2D eigenvalue weighted by Gasteiger charge is -2.20. The quantitative estimate of drug-likeness (QED) is 0.561. The number of thioether (sulfide) groups is 1. The molecule has 0 unspecified atom stereocenters. The molecule has 0 aromatic carbocycles. The van der Waals surface area contributed by atoms with E-state index >= 15 is 0 Å². The fourth-order valence-electron chi connectivity index (χ4n) is 3.22. The number of thiophene rings is 1. The third kappa shape index (κ3) is 3.56. The molecule has 0 atom stereocenters. The fraction of sp³-hybridized carbons (Fsp3) is 0.632. The first kappa shape index (κ1) is 18.6. The van der Waals surface area contributed by atoms with E-state index < -0.39 is 0 Å². The molecule has 0 radical (unpaired) electrons. The molecule has 25 heavy (non-hydrogen) atoms. The predicted octanol–water partition coefficient (Wildman–Crippen LogP) is 4.90. The lowest BCUT2D eigenvalue weighted by Crippen LogP contribution is -2.27. The van der Waals surface area contributed by atoms with E-state index in [-0.39, 0.29) is 22.8 Å². The third-order valence-electron chi connectivity index (χ3n) is 5.06. The molecule has 136 valence electrons. The molecule has 0 spiro atoms. The topological polar surface area (TPSA) is 52.0 Å². The average Bonchev–Trinajstić information content (AvgIpc) is 3.13. The Hall–Kier alpha value is -1.14. The Bertz CT molecular complexity index is 868. The maximum absolute atomic E-state index is 13.2. The van der Waals surface area contributed by atoms with Crippen LogP contribution in [0, 0.1) is 19.3 Å². The Kier molecular flexibility index (Phi) is 5.13. The highest BCUT2D eigenvalue weighted by Gasteiger charge is 2.27. The number of ketones is 1. The van der Waals surface area contributed by atoms with Gasteiger partial charge in [-0.2, -0.15) is 0 Å². The van der Waals surface area contributed by atoms with Crippen molar-refractivity contribution in [1.82, 2.24) is 9.55 Å². The maximum atomic E-state index is 13.2. The van der Waals surface area contributed by atoms with Gasteiger partial charge >= 0.3 is 0 Å². The molecule has 2 aromatic heterocycles. The Balaban J connectivity index is 2.07. The number of fused-ring (bicyclic) bond motifs is 1. The Morgan fingerprint density at radius 1 is 1.28 bits per heavy atom. The highest BCUT2D eigenvalue weighted by atomic mass is 32.2. The number of hydrogen-bond donors (Lipinski definition) is 0. The van der Waals surface area contributed by atoms with E-state index in [9.17, 15) is 9.59 Å². The lowest BCUT2D eigenvalue weighted by molar-refractivity contribution is -0.123. The van der Waals surface area contributed by atoms with Crippen molar-refractivity contribution in [1.29, 1.82) is 0 Å². The SMILES string of the molecule is Cc1sc2nc(SCC(=O)C(C)(C)C)n(C3CCCC3)c(=O)c2c1C. The first-order valence-corrected chi connectivity index (χ1v) is 10.7. The smallest absolute Gasteiger partial charge is 0.263 e. The van der Waals surface area contributed by atoms with Crippen LogP contribution >= 0.6 is 23.1 Å². The summed E-state index contributed by atoms with van der Waals surface area (Å²) >= 11 is 3.00. The summed E-state index contributed by atoms with van der Waals surface area (Å²) in [5, 5.41) is 1.48. The van der Waals surface area contributed by atoms with Crippen LogP contribution in [0.5, 0.6) is 0 Å². The van der Waals surface area contributed by atoms with Gasteiger partial charge < -0.3 is 0 Å². The number of rotatable bonds is 4. The van der Waals surface area contributed by atoms with Crippen LogP contribution in [0.3, 0.4) is 0 Å². The summed E-state index contributed by atoms with van der Waals surface area (Å²) in [6.07, 6.45) is 4.36. The van der Waals surface area contributed by atoms with Gasteiger partial charge in [-0.25, -0.2) is 4.98 Å². The van der Waals surface area contributed by atoms with Crippen molar-refractivity contribution < 1.29 is 4.79 Å². The lowest BCUT2D eigenvalue weighted by atomic mass is 9.92. The number of nitrogens with zero attached hydrogens (tertiary/aromatic N) is 2. The van der Waals surface area contributed by atoms with E-state index in [2.05, 4.69) is 0 Å². The summed E-state index contributed by atoms with van der Waals surface area (Å²) in [5.74, 6) is 0.542. The second-order valence-electron chi connectivity index (χ2n) is 7.93. The van der Waals surface area contributed by atoms with Gasteiger partial charge in [0.1, 0.15) is 10.6 Å². The summed E-state index contributed by atoms with van der Waals surface area (Å²) in [7, 11) is 0. The normalized spacial score (nSPS) is 16.0.